The summed E-state index contributed by atoms with van der Waals surface area (Å²) in [6.45, 7) is 2.96. The van der Waals surface area contributed by atoms with E-state index >= 15 is 0 Å². The number of likely N-dealkylation sites (N-methyl/N-ethyl adjacent to an activating group) is 1. The number of rotatable bonds is 9. The number of hydrogen-bond acceptors (Lipinski definition) is 3. The van der Waals surface area contributed by atoms with Crippen molar-refractivity contribution >= 4 is 5.97 Å². The molecule has 0 aromatic heterocycles. The lowest BCUT2D eigenvalue weighted by Crippen LogP contribution is -2.31. The van der Waals surface area contributed by atoms with Crippen LogP contribution in [-0.4, -0.2) is 30.8 Å². The van der Waals surface area contributed by atoms with Gasteiger partial charge in [0.2, 0.25) is 0 Å². The molecule has 0 saturated heterocycles. The van der Waals surface area contributed by atoms with Gasteiger partial charge in [-0.05, 0) is 43.5 Å². The number of aliphatic carboxylic acids is 1. The van der Waals surface area contributed by atoms with Crippen LogP contribution in [-0.2, 0) is 11.2 Å². The predicted octanol–water partition coefficient (Wildman–Crippen LogP) is 2.47. The number of hydrogen-bond donors (Lipinski definition) is 2. The van der Waals surface area contributed by atoms with Gasteiger partial charge in [0.05, 0.1) is 7.11 Å². The molecular formula is C15H23NO3. The zero-order valence-corrected chi connectivity index (χ0v) is 11.7. The molecular weight excluding hydrogens is 242 g/mol. The molecule has 106 valence electrons. The van der Waals surface area contributed by atoms with Gasteiger partial charge >= 0.3 is 5.97 Å². The van der Waals surface area contributed by atoms with Crippen molar-refractivity contribution in [2.24, 2.45) is 0 Å². The second kappa shape index (κ2) is 8.53. The summed E-state index contributed by atoms with van der Waals surface area (Å²) in [5, 5.41) is 12.1. The summed E-state index contributed by atoms with van der Waals surface area (Å²) in [6, 6.07) is 8.35. The third-order valence-corrected chi connectivity index (χ3v) is 3.08. The first-order valence-corrected chi connectivity index (χ1v) is 6.73. The van der Waals surface area contributed by atoms with Gasteiger partial charge in [-0.25, -0.2) is 0 Å². The van der Waals surface area contributed by atoms with E-state index in [4.69, 9.17) is 9.84 Å². The van der Waals surface area contributed by atoms with Gasteiger partial charge in [0.1, 0.15) is 5.75 Å². The summed E-state index contributed by atoms with van der Waals surface area (Å²) in [7, 11) is 1.66. The molecule has 2 N–H and O–H groups in total. The fourth-order valence-corrected chi connectivity index (χ4v) is 2.11. The van der Waals surface area contributed by atoms with Gasteiger partial charge in [-0.3, -0.25) is 4.79 Å². The molecule has 0 aliphatic rings. The molecule has 4 nitrogen and oxygen atoms in total. The number of nitrogens with one attached hydrogen (secondary N) is 1. The Balaban J connectivity index is 2.48. The first-order chi connectivity index (χ1) is 9.15. The Morgan fingerprint density at radius 2 is 2.05 bits per heavy atom. The van der Waals surface area contributed by atoms with Gasteiger partial charge in [0, 0.05) is 12.5 Å². The fourth-order valence-electron chi connectivity index (χ4n) is 2.11. The Bertz CT molecular complexity index is 375. The third kappa shape index (κ3) is 6.25. The van der Waals surface area contributed by atoms with Crippen LogP contribution in [0.3, 0.4) is 0 Å². The fraction of sp³-hybridized carbons (Fsp3) is 0.533. The van der Waals surface area contributed by atoms with Crippen molar-refractivity contribution in [3.8, 4) is 5.75 Å². The van der Waals surface area contributed by atoms with Crippen molar-refractivity contribution in [1.29, 1.82) is 0 Å². The number of carboxylic acid groups (broad SMARTS) is 1. The van der Waals surface area contributed by atoms with Crippen molar-refractivity contribution in [3.63, 3.8) is 0 Å². The number of benzene rings is 1. The molecule has 0 aliphatic heterocycles. The number of ether oxygens (including phenoxy) is 1. The van der Waals surface area contributed by atoms with Crippen molar-refractivity contribution in [2.45, 2.75) is 38.6 Å². The normalized spacial score (nSPS) is 12.1. The van der Waals surface area contributed by atoms with E-state index in [1.165, 1.54) is 5.56 Å². The molecule has 1 aromatic rings. The lowest BCUT2D eigenvalue weighted by molar-refractivity contribution is -0.137. The Labute approximate surface area is 114 Å². The Morgan fingerprint density at radius 1 is 1.37 bits per heavy atom. The van der Waals surface area contributed by atoms with Crippen LogP contribution in [0.15, 0.2) is 24.3 Å². The van der Waals surface area contributed by atoms with Gasteiger partial charge in [-0.2, -0.15) is 0 Å². The quantitative estimate of drug-likeness (QED) is 0.720. The zero-order valence-electron chi connectivity index (χ0n) is 11.7. The van der Waals surface area contributed by atoms with Crippen LogP contribution < -0.4 is 10.1 Å². The highest BCUT2D eigenvalue weighted by molar-refractivity contribution is 5.66. The minimum absolute atomic E-state index is 0.241. The van der Waals surface area contributed by atoms with E-state index in [0.29, 0.717) is 12.5 Å². The number of methoxy groups -OCH3 is 1. The van der Waals surface area contributed by atoms with Crippen LogP contribution in [0.4, 0.5) is 0 Å². The molecule has 4 heteroatoms. The average molecular weight is 265 g/mol. The Morgan fingerprint density at radius 3 is 2.58 bits per heavy atom. The minimum Gasteiger partial charge on any atom is -0.497 e. The molecule has 0 spiro atoms. The minimum atomic E-state index is -0.723. The molecule has 0 radical (unpaired) electrons. The summed E-state index contributed by atoms with van der Waals surface area (Å²) in [4.78, 5) is 10.5. The monoisotopic (exact) mass is 265 g/mol. The molecule has 0 amide bonds. The topological polar surface area (TPSA) is 58.6 Å². The molecule has 0 fully saturated rings. The smallest absolute Gasteiger partial charge is 0.303 e. The van der Waals surface area contributed by atoms with E-state index in [1.807, 2.05) is 12.1 Å². The summed E-state index contributed by atoms with van der Waals surface area (Å²) >= 11 is 0. The lowest BCUT2D eigenvalue weighted by atomic mass is 10.0. The van der Waals surface area contributed by atoms with Crippen LogP contribution in [0.25, 0.3) is 0 Å². The average Bonchev–Trinajstić information content (AvgIpc) is 2.39. The summed E-state index contributed by atoms with van der Waals surface area (Å²) in [6.07, 6.45) is 2.75. The van der Waals surface area contributed by atoms with Gasteiger partial charge < -0.3 is 15.2 Å². The highest BCUT2D eigenvalue weighted by Gasteiger charge is 2.09. The molecule has 19 heavy (non-hydrogen) atoms. The third-order valence-electron chi connectivity index (χ3n) is 3.08. The van der Waals surface area contributed by atoms with Crippen molar-refractivity contribution < 1.29 is 14.6 Å². The molecule has 0 bridgehead atoms. The van der Waals surface area contributed by atoms with Crippen LogP contribution in [0.2, 0.25) is 0 Å². The largest absolute Gasteiger partial charge is 0.497 e. The molecule has 0 aliphatic carbocycles. The van der Waals surface area contributed by atoms with E-state index in [2.05, 4.69) is 24.4 Å². The van der Waals surface area contributed by atoms with E-state index in [1.54, 1.807) is 7.11 Å². The zero-order chi connectivity index (χ0) is 14.1. The first kappa shape index (κ1) is 15.5. The van der Waals surface area contributed by atoms with Gasteiger partial charge in [0.25, 0.3) is 0 Å². The van der Waals surface area contributed by atoms with E-state index in [9.17, 15) is 4.79 Å². The van der Waals surface area contributed by atoms with Gasteiger partial charge in [-0.1, -0.05) is 19.1 Å². The molecule has 0 saturated carbocycles. The van der Waals surface area contributed by atoms with Gasteiger partial charge in [-0.15, -0.1) is 0 Å². The maximum atomic E-state index is 10.5. The van der Waals surface area contributed by atoms with Crippen molar-refractivity contribution in [3.05, 3.63) is 29.8 Å². The maximum Gasteiger partial charge on any atom is 0.303 e. The maximum absolute atomic E-state index is 10.5. The van der Waals surface area contributed by atoms with Gasteiger partial charge in [0.15, 0.2) is 0 Å². The summed E-state index contributed by atoms with van der Waals surface area (Å²) in [5.41, 5.74) is 1.24. The molecule has 1 rings (SSSR count). The SMILES string of the molecule is CCNC(CCCC(=O)O)Cc1ccc(OC)cc1. The predicted molar refractivity (Wildman–Crippen MR) is 75.6 cm³/mol. The summed E-state index contributed by atoms with van der Waals surface area (Å²) < 4.78 is 5.13. The van der Waals surface area contributed by atoms with E-state index < -0.39 is 5.97 Å². The highest BCUT2D eigenvalue weighted by Crippen LogP contribution is 2.14. The van der Waals surface area contributed by atoms with Crippen LogP contribution in [0, 0.1) is 0 Å². The lowest BCUT2D eigenvalue weighted by Gasteiger charge is -2.17. The van der Waals surface area contributed by atoms with Crippen molar-refractivity contribution in [2.75, 3.05) is 13.7 Å². The Hall–Kier alpha value is -1.55. The second-order valence-corrected chi connectivity index (χ2v) is 4.59. The van der Waals surface area contributed by atoms with Crippen molar-refractivity contribution in [1.82, 2.24) is 5.32 Å². The highest BCUT2D eigenvalue weighted by atomic mass is 16.5. The summed E-state index contributed by atoms with van der Waals surface area (Å²) in [5.74, 6) is 0.134. The second-order valence-electron chi connectivity index (χ2n) is 4.59. The molecule has 1 unspecified atom stereocenters. The van der Waals surface area contributed by atoms with Crippen LogP contribution in [0.1, 0.15) is 31.7 Å². The Kier molecular flexibility index (Phi) is 6.97. The van der Waals surface area contributed by atoms with E-state index in [-0.39, 0.29) is 6.42 Å². The standard InChI is InChI=1S/C15H23NO3/c1-3-16-13(5-4-6-15(17)18)11-12-7-9-14(19-2)10-8-12/h7-10,13,16H,3-6,11H2,1-2H3,(H,17,18). The van der Waals surface area contributed by atoms with Crippen LogP contribution >= 0.6 is 0 Å². The molecule has 1 atom stereocenters. The first-order valence-electron chi connectivity index (χ1n) is 6.73. The van der Waals surface area contributed by atoms with Crippen LogP contribution in [0.5, 0.6) is 5.75 Å². The molecule has 0 heterocycles. The number of carboxylic acids is 1. The van der Waals surface area contributed by atoms with E-state index in [0.717, 1.165) is 25.1 Å². The molecule has 1 aromatic carbocycles. The number of carbonyl (C=O) groups is 1.